The van der Waals surface area contributed by atoms with Crippen LogP contribution in [-0.2, 0) is 4.79 Å². The van der Waals surface area contributed by atoms with E-state index in [2.05, 4.69) is 20.5 Å². The van der Waals surface area contributed by atoms with Gasteiger partial charge in [0.1, 0.15) is 12.4 Å². The third-order valence-corrected chi connectivity index (χ3v) is 4.28. The van der Waals surface area contributed by atoms with Crippen LogP contribution in [0.15, 0.2) is 48.0 Å². The van der Waals surface area contributed by atoms with E-state index < -0.39 is 0 Å². The molecule has 0 bridgehead atoms. The van der Waals surface area contributed by atoms with Gasteiger partial charge in [0.25, 0.3) is 5.91 Å². The monoisotopic (exact) mass is 376 g/mol. The van der Waals surface area contributed by atoms with Crippen LogP contribution in [0, 0.1) is 6.92 Å². The van der Waals surface area contributed by atoms with Gasteiger partial charge in [0, 0.05) is 16.8 Å². The van der Waals surface area contributed by atoms with Crippen LogP contribution >= 0.6 is 0 Å². The normalized spacial score (nSPS) is 12.6. The first-order valence-corrected chi connectivity index (χ1v) is 9.04. The molecule has 7 nitrogen and oxygen atoms in total. The van der Waals surface area contributed by atoms with Crippen LogP contribution < -0.4 is 14.8 Å². The zero-order valence-electron chi connectivity index (χ0n) is 15.7. The number of aromatic nitrogens is 3. The summed E-state index contributed by atoms with van der Waals surface area (Å²) in [7, 11) is 0. The summed E-state index contributed by atoms with van der Waals surface area (Å²) < 4.78 is 11.4. The summed E-state index contributed by atoms with van der Waals surface area (Å²) in [6.45, 7) is 4.50. The molecule has 0 radical (unpaired) electrons. The molecule has 2 aromatic carbocycles. The number of H-pyrrole nitrogens is 1. The molecule has 0 saturated carbocycles. The molecule has 0 saturated heterocycles. The van der Waals surface area contributed by atoms with Crippen LogP contribution in [-0.4, -0.2) is 34.3 Å². The Morgan fingerprint density at radius 3 is 2.93 bits per heavy atom. The quantitative estimate of drug-likeness (QED) is 0.710. The average Bonchev–Trinajstić information content (AvgIpc) is 3.15. The molecule has 0 spiro atoms. The molecule has 0 unspecified atom stereocenters. The third kappa shape index (κ3) is 3.59. The van der Waals surface area contributed by atoms with Gasteiger partial charge in [0.15, 0.2) is 17.3 Å². The number of aromatic amines is 1. The van der Waals surface area contributed by atoms with E-state index in [9.17, 15) is 4.79 Å². The van der Waals surface area contributed by atoms with Crippen molar-refractivity contribution in [3.8, 4) is 22.9 Å². The molecule has 28 heavy (non-hydrogen) atoms. The Morgan fingerprint density at radius 2 is 2.14 bits per heavy atom. The minimum Gasteiger partial charge on any atom is -0.490 e. The minimum absolute atomic E-state index is 0.183. The average molecular weight is 376 g/mol. The summed E-state index contributed by atoms with van der Waals surface area (Å²) in [6.07, 6.45) is 1.83. The lowest BCUT2D eigenvalue weighted by atomic mass is 10.1. The molecule has 1 aromatic heterocycles. The number of rotatable bonds is 5. The number of hydrogen-bond acceptors (Lipinski definition) is 5. The van der Waals surface area contributed by atoms with Crippen LogP contribution in [0.4, 0.5) is 5.69 Å². The lowest BCUT2D eigenvalue weighted by Gasteiger charge is -2.20. The third-order valence-electron chi connectivity index (χ3n) is 4.28. The Bertz CT molecular complexity index is 1060. The van der Waals surface area contributed by atoms with Crippen LogP contribution in [0.25, 0.3) is 17.5 Å². The van der Waals surface area contributed by atoms with E-state index in [1.54, 1.807) is 0 Å². The molecule has 0 atom stereocenters. The largest absolute Gasteiger partial charge is 0.490 e. The van der Waals surface area contributed by atoms with E-state index in [1.165, 1.54) is 0 Å². The number of anilines is 1. The second kappa shape index (κ2) is 7.56. The predicted octanol–water partition coefficient (Wildman–Crippen LogP) is 3.59. The molecule has 1 aliphatic heterocycles. The van der Waals surface area contributed by atoms with Crippen molar-refractivity contribution in [3.63, 3.8) is 0 Å². The Labute approximate surface area is 162 Å². The SMILES string of the molecule is CCOc1cccc2c1OCC(C(=O)Nc1cccc(-c3n[nH]c(C)n3)c1)=C2. The van der Waals surface area contributed by atoms with E-state index in [0.717, 1.165) is 17.0 Å². The van der Waals surface area contributed by atoms with Gasteiger partial charge in [0.2, 0.25) is 0 Å². The van der Waals surface area contributed by atoms with Gasteiger partial charge in [-0.05, 0) is 38.1 Å². The van der Waals surface area contributed by atoms with Crippen molar-refractivity contribution in [2.45, 2.75) is 13.8 Å². The molecule has 2 N–H and O–H groups in total. The molecule has 142 valence electrons. The van der Waals surface area contributed by atoms with Crippen LogP contribution in [0.1, 0.15) is 18.3 Å². The van der Waals surface area contributed by atoms with E-state index in [0.29, 0.717) is 35.2 Å². The molecule has 1 aliphatic rings. The van der Waals surface area contributed by atoms with E-state index >= 15 is 0 Å². The highest BCUT2D eigenvalue weighted by Gasteiger charge is 2.20. The van der Waals surface area contributed by atoms with Crippen LogP contribution in [0.3, 0.4) is 0 Å². The number of carbonyl (C=O) groups is 1. The molecule has 0 fully saturated rings. The van der Waals surface area contributed by atoms with Gasteiger partial charge in [-0.2, -0.15) is 5.10 Å². The van der Waals surface area contributed by atoms with Crippen LogP contribution in [0.2, 0.25) is 0 Å². The predicted molar refractivity (Wildman–Crippen MR) is 106 cm³/mol. The van der Waals surface area contributed by atoms with Crippen LogP contribution in [0.5, 0.6) is 11.5 Å². The van der Waals surface area contributed by atoms with Gasteiger partial charge in [-0.25, -0.2) is 4.98 Å². The van der Waals surface area contributed by atoms with Crippen molar-refractivity contribution in [2.24, 2.45) is 0 Å². The maximum atomic E-state index is 12.7. The number of ether oxygens (including phenoxy) is 2. The number of nitrogens with one attached hydrogen (secondary N) is 2. The Morgan fingerprint density at radius 1 is 1.29 bits per heavy atom. The van der Waals surface area contributed by atoms with Gasteiger partial charge < -0.3 is 14.8 Å². The second-order valence-electron chi connectivity index (χ2n) is 6.35. The first-order valence-electron chi connectivity index (χ1n) is 9.04. The van der Waals surface area contributed by atoms with Gasteiger partial charge >= 0.3 is 0 Å². The van der Waals surface area contributed by atoms with Crippen molar-refractivity contribution >= 4 is 17.7 Å². The Kier molecular flexibility index (Phi) is 4.80. The van der Waals surface area contributed by atoms with Gasteiger partial charge in [0.05, 0.1) is 12.2 Å². The number of nitrogens with zero attached hydrogens (tertiary/aromatic N) is 2. The first-order chi connectivity index (χ1) is 13.6. The fraction of sp³-hybridized carbons (Fsp3) is 0.190. The first kappa shape index (κ1) is 17.8. The molecule has 1 amide bonds. The van der Waals surface area contributed by atoms with Crippen molar-refractivity contribution in [1.29, 1.82) is 0 Å². The zero-order valence-corrected chi connectivity index (χ0v) is 15.7. The number of aryl methyl sites for hydroxylation is 1. The highest BCUT2D eigenvalue weighted by atomic mass is 16.5. The summed E-state index contributed by atoms with van der Waals surface area (Å²) in [4.78, 5) is 17.0. The number of para-hydroxylation sites is 1. The highest BCUT2D eigenvalue weighted by Crippen LogP contribution is 2.36. The summed E-state index contributed by atoms with van der Waals surface area (Å²) >= 11 is 0. The minimum atomic E-state index is -0.212. The van der Waals surface area contributed by atoms with Crippen molar-refractivity contribution in [1.82, 2.24) is 15.2 Å². The summed E-state index contributed by atoms with van der Waals surface area (Å²) in [5, 5.41) is 9.88. The number of amides is 1. The molecule has 3 aromatic rings. The standard InChI is InChI=1S/C21H20N4O3/c1-3-27-18-9-5-6-14-10-16(12-28-19(14)18)21(26)23-17-8-4-7-15(11-17)20-22-13(2)24-25-20/h4-11H,3,12H2,1-2H3,(H,23,26)(H,22,24,25). The number of fused-ring (bicyclic) bond motifs is 1. The lowest BCUT2D eigenvalue weighted by Crippen LogP contribution is -2.21. The number of hydrogen-bond donors (Lipinski definition) is 2. The fourth-order valence-electron chi connectivity index (χ4n) is 3.00. The molecule has 2 heterocycles. The van der Waals surface area contributed by atoms with Gasteiger partial charge in [-0.15, -0.1) is 0 Å². The topological polar surface area (TPSA) is 89.1 Å². The summed E-state index contributed by atoms with van der Waals surface area (Å²) in [5.74, 6) is 2.47. The number of benzene rings is 2. The smallest absolute Gasteiger partial charge is 0.255 e. The Balaban J connectivity index is 1.54. The molecule has 4 rings (SSSR count). The maximum absolute atomic E-state index is 12.7. The maximum Gasteiger partial charge on any atom is 0.255 e. The molecule has 7 heteroatoms. The lowest BCUT2D eigenvalue weighted by molar-refractivity contribution is -0.113. The van der Waals surface area contributed by atoms with Crippen molar-refractivity contribution in [3.05, 3.63) is 59.4 Å². The fourth-order valence-corrected chi connectivity index (χ4v) is 3.00. The molecule has 0 aliphatic carbocycles. The Hall–Kier alpha value is -3.61. The molecular weight excluding hydrogens is 356 g/mol. The van der Waals surface area contributed by atoms with Crippen molar-refractivity contribution < 1.29 is 14.3 Å². The molecular formula is C21H20N4O3. The zero-order chi connectivity index (χ0) is 19.5. The second-order valence-corrected chi connectivity index (χ2v) is 6.35. The summed E-state index contributed by atoms with van der Waals surface area (Å²) in [5.41, 5.74) is 2.86. The summed E-state index contributed by atoms with van der Waals surface area (Å²) in [6, 6.07) is 13.1. The van der Waals surface area contributed by atoms with Gasteiger partial charge in [-0.3, -0.25) is 9.89 Å². The van der Waals surface area contributed by atoms with E-state index in [1.807, 2.05) is 62.4 Å². The van der Waals surface area contributed by atoms with Crippen molar-refractivity contribution in [2.75, 3.05) is 18.5 Å². The van der Waals surface area contributed by atoms with E-state index in [-0.39, 0.29) is 12.5 Å². The van der Waals surface area contributed by atoms with E-state index in [4.69, 9.17) is 9.47 Å². The van der Waals surface area contributed by atoms with Gasteiger partial charge in [-0.1, -0.05) is 24.3 Å². The number of carbonyl (C=O) groups excluding carboxylic acids is 1. The highest BCUT2D eigenvalue weighted by molar-refractivity contribution is 6.07.